The van der Waals surface area contributed by atoms with Crippen LogP contribution in [0.2, 0.25) is 0 Å². The summed E-state index contributed by atoms with van der Waals surface area (Å²) >= 11 is 1.55. The van der Waals surface area contributed by atoms with Crippen LogP contribution in [0.15, 0.2) is 23.2 Å². The summed E-state index contributed by atoms with van der Waals surface area (Å²) in [7, 11) is 1.91. The van der Waals surface area contributed by atoms with E-state index in [9.17, 15) is 4.79 Å². The highest BCUT2D eigenvalue weighted by Crippen LogP contribution is 2.18. The molecule has 0 saturated heterocycles. The Morgan fingerprint density at radius 1 is 1.50 bits per heavy atom. The Morgan fingerprint density at radius 2 is 2.28 bits per heavy atom. The Balaban J connectivity index is 2.20. The van der Waals surface area contributed by atoms with E-state index in [1.165, 1.54) is 6.20 Å². The van der Waals surface area contributed by atoms with Crippen molar-refractivity contribution < 1.29 is 9.90 Å². The maximum absolute atomic E-state index is 10.8. The number of aryl methyl sites for hydroxylation is 1. The molecule has 0 atom stereocenters. The number of carboxylic acid groups (broad SMARTS) is 1. The molecule has 0 saturated carbocycles. The molecule has 0 aliphatic carbocycles. The largest absolute Gasteiger partial charge is 0.478 e. The van der Waals surface area contributed by atoms with Gasteiger partial charge >= 0.3 is 5.97 Å². The van der Waals surface area contributed by atoms with Gasteiger partial charge in [0.2, 0.25) is 0 Å². The van der Waals surface area contributed by atoms with E-state index in [4.69, 9.17) is 5.11 Å². The number of hydrogen-bond donors (Lipinski definition) is 1. The van der Waals surface area contributed by atoms with E-state index in [-0.39, 0.29) is 5.56 Å². The fourth-order valence-electron chi connectivity index (χ4n) is 1.72. The van der Waals surface area contributed by atoms with Crippen LogP contribution in [0.4, 0.5) is 5.82 Å². The first-order chi connectivity index (χ1) is 8.58. The summed E-state index contributed by atoms with van der Waals surface area (Å²) in [6, 6.07) is 1.63. The minimum absolute atomic E-state index is 0.207. The zero-order valence-electron chi connectivity index (χ0n) is 10.1. The highest BCUT2D eigenvalue weighted by atomic mass is 32.1. The summed E-state index contributed by atoms with van der Waals surface area (Å²) in [4.78, 5) is 21.2. The van der Waals surface area contributed by atoms with E-state index in [1.54, 1.807) is 22.9 Å². The number of pyridine rings is 1. The molecule has 0 fully saturated rings. The number of rotatable bonds is 4. The summed E-state index contributed by atoms with van der Waals surface area (Å²) in [5.41, 5.74) is 3.81. The van der Waals surface area contributed by atoms with Gasteiger partial charge in [-0.2, -0.15) is 0 Å². The van der Waals surface area contributed by atoms with Crippen molar-refractivity contribution in [3.63, 3.8) is 0 Å². The lowest BCUT2D eigenvalue weighted by Crippen LogP contribution is -2.19. The Bertz CT molecular complexity index is 554. The molecule has 0 aliphatic heterocycles. The van der Waals surface area contributed by atoms with E-state index in [0.717, 1.165) is 17.1 Å². The summed E-state index contributed by atoms with van der Waals surface area (Å²) in [5.74, 6) is -0.188. The first-order valence-corrected chi connectivity index (χ1v) is 6.30. The van der Waals surface area contributed by atoms with E-state index < -0.39 is 5.97 Å². The molecule has 18 heavy (non-hydrogen) atoms. The molecule has 2 heterocycles. The van der Waals surface area contributed by atoms with Gasteiger partial charge in [0.05, 0.1) is 23.3 Å². The average molecular weight is 263 g/mol. The molecular formula is C12H13N3O2S. The number of carboxylic acids is 1. The van der Waals surface area contributed by atoms with Gasteiger partial charge in [-0.05, 0) is 18.6 Å². The summed E-state index contributed by atoms with van der Waals surface area (Å²) in [6.07, 6.45) is 1.38. The first kappa shape index (κ1) is 12.5. The maximum atomic E-state index is 10.8. The first-order valence-electron chi connectivity index (χ1n) is 5.36. The highest BCUT2D eigenvalue weighted by Gasteiger charge is 2.11. The lowest BCUT2D eigenvalue weighted by molar-refractivity contribution is 0.0696. The average Bonchev–Trinajstić information content (AvgIpc) is 2.81. The van der Waals surface area contributed by atoms with Crippen LogP contribution in [0.25, 0.3) is 0 Å². The fourth-order valence-corrected chi connectivity index (χ4v) is 2.27. The quantitative estimate of drug-likeness (QED) is 0.915. The molecule has 0 spiro atoms. The molecule has 0 amide bonds. The van der Waals surface area contributed by atoms with Gasteiger partial charge in [-0.3, -0.25) is 0 Å². The smallest absolute Gasteiger partial charge is 0.337 e. The SMILES string of the molecule is Cc1cc(C(=O)O)cnc1N(C)Cc1cscn1. The van der Waals surface area contributed by atoms with Crippen LogP contribution in [0.5, 0.6) is 0 Å². The summed E-state index contributed by atoms with van der Waals surface area (Å²) in [5, 5.41) is 10.9. The van der Waals surface area contributed by atoms with Crippen molar-refractivity contribution in [2.24, 2.45) is 0 Å². The van der Waals surface area contributed by atoms with Crippen molar-refractivity contribution in [1.82, 2.24) is 9.97 Å². The van der Waals surface area contributed by atoms with Crippen LogP contribution in [0.3, 0.4) is 0 Å². The second-order valence-electron chi connectivity index (χ2n) is 4.01. The second kappa shape index (κ2) is 5.14. The lowest BCUT2D eigenvalue weighted by Gasteiger charge is -2.19. The van der Waals surface area contributed by atoms with Crippen molar-refractivity contribution in [2.45, 2.75) is 13.5 Å². The number of aromatic nitrogens is 2. The van der Waals surface area contributed by atoms with Gasteiger partial charge in [0.15, 0.2) is 0 Å². The van der Waals surface area contributed by atoms with Gasteiger partial charge in [0.1, 0.15) is 5.82 Å². The van der Waals surface area contributed by atoms with Crippen molar-refractivity contribution in [3.8, 4) is 0 Å². The minimum Gasteiger partial charge on any atom is -0.478 e. The molecule has 0 aliphatic rings. The van der Waals surface area contributed by atoms with Gasteiger partial charge < -0.3 is 10.0 Å². The van der Waals surface area contributed by atoms with E-state index in [0.29, 0.717) is 6.54 Å². The van der Waals surface area contributed by atoms with Gasteiger partial charge in [0.25, 0.3) is 0 Å². The van der Waals surface area contributed by atoms with Gasteiger partial charge in [-0.25, -0.2) is 14.8 Å². The lowest BCUT2D eigenvalue weighted by atomic mass is 10.2. The zero-order chi connectivity index (χ0) is 13.1. The van der Waals surface area contributed by atoms with Gasteiger partial charge in [-0.15, -0.1) is 11.3 Å². The molecule has 94 valence electrons. The van der Waals surface area contributed by atoms with E-state index in [2.05, 4.69) is 9.97 Å². The van der Waals surface area contributed by atoms with E-state index >= 15 is 0 Å². The van der Waals surface area contributed by atoms with Crippen LogP contribution in [-0.2, 0) is 6.54 Å². The molecule has 0 bridgehead atoms. The second-order valence-corrected chi connectivity index (χ2v) is 4.72. The number of nitrogens with zero attached hydrogens (tertiary/aromatic N) is 3. The molecule has 0 aromatic carbocycles. The molecule has 5 nitrogen and oxygen atoms in total. The monoisotopic (exact) mass is 263 g/mol. The van der Waals surface area contributed by atoms with Gasteiger partial charge in [0, 0.05) is 18.6 Å². The Labute approximate surface area is 109 Å². The van der Waals surface area contributed by atoms with Crippen molar-refractivity contribution >= 4 is 23.1 Å². The predicted molar refractivity (Wildman–Crippen MR) is 70.2 cm³/mol. The van der Waals surface area contributed by atoms with Crippen LogP contribution in [0.1, 0.15) is 21.6 Å². The summed E-state index contributed by atoms with van der Waals surface area (Å²) < 4.78 is 0. The number of carbonyl (C=O) groups is 1. The molecule has 1 N–H and O–H groups in total. The topological polar surface area (TPSA) is 66.3 Å². The third kappa shape index (κ3) is 2.65. The predicted octanol–water partition coefficient (Wildman–Crippen LogP) is 2.18. The molecule has 2 rings (SSSR count). The molecular weight excluding hydrogens is 250 g/mol. The molecule has 2 aromatic heterocycles. The highest BCUT2D eigenvalue weighted by molar-refractivity contribution is 7.07. The van der Waals surface area contributed by atoms with Crippen molar-refractivity contribution in [3.05, 3.63) is 40.0 Å². The zero-order valence-corrected chi connectivity index (χ0v) is 10.9. The number of anilines is 1. The van der Waals surface area contributed by atoms with Crippen molar-refractivity contribution in [1.29, 1.82) is 0 Å². The normalized spacial score (nSPS) is 10.3. The molecule has 2 aromatic rings. The van der Waals surface area contributed by atoms with Crippen LogP contribution in [-0.4, -0.2) is 28.1 Å². The van der Waals surface area contributed by atoms with Crippen LogP contribution < -0.4 is 4.90 Å². The fraction of sp³-hybridized carbons (Fsp3) is 0.250. The van der Waals surface area contributed by atoms with Crippen LogP contribution >= 0.6 is 11.3 Å². The third-order valence-electron chi connectivity index (χ3n) is 2.54. The molecule has 0 radical (unpaired) electrons. The van der Waals surface area contributed by atoms with E-state index in [1.807, 2.05) is 24.3 Å². The number of hydrogen-bond acceptors (Lipinski definition) is 5. The van der Waals surface area contributed by atoms with Gasteiger partial charge in [-0.1, -0.05) is 0 Å². The molecule has 0 unspecified atom stereocenters. The van der Waals surface area contributed by atoms with Crippen LogP contribution in [0, 0.1) is 6.92 Å². The standard InChI is InChI=1S/C12H13N3O2S/c1-8-3-9(12(16)17)4-13-11(8)15(2)5-10-6-18-7-14-10/h3-4,6-7H,5H2,1-2H3,(H,16,17). The third-order valence-corrected chi connectivity index (χ3v) is 3.18. The number of aromatic carboxylic acids is 1. The number of thiazole rings is 1. The van der Waals surface area contributed by atoms with Crippen molar-refractivity contribution in [2.75, 3.05) is 11.9 Å². The Hall–Kier alpha value is -1.95. The minimum atomic E-state index is -0.959. The summed E-state index contributed by atoms with van der Waals surface area (Å²) in [6.45, 7) is 2.51. The molecule has 6 heteroatoms. The Morgan fingerprint density at radius 3 is 2.83 bits per heavy atom. The Kier molecular flexibility index (Phi) is 3.57. The maximum Gasteiger partial charge on any atom is 0.337 e.